The second-order valence-electron chi connectivity index (χ2n) is 10.1. The van der Waals surface area contributed by atoms with Crippen LogP contribution in [0, 0.1) is 0 Å². The average Bonchev–Trinajstić information content (AvgIpc) is 3.19. The van der Waals surface area contributed by atoms with Crippen molar-refractivity contribution >= 4 is 40.8 Å². The quantitative estimate of drug-likeness (QED) is 0.384. The standard InChI is InChI=1S/C31H34ClN5O3/c1-2-33-31(40)37-16-6-15-36(17-18-37)28-14-12-23(20-27(28)35-29(38)22-8-5-9-24(32)19-22)30(39)34-26-13-11-21-7-3-4-10-25(21)26/h3-5,7-10,12,14,19-20,26H,2,6,11,13,15-18H2,1H3,(H,33,40)(H,34,39)(H,35,38). The Labute approximate surface area is 239 Å². The summed E-state index contributed by atoms with van der Waals surface area (Å²) in [6.45, 7) is 4.99. The van der Waals surface area contributed by atoms with E-state index in [0.717, 1.165) is 30.5 Å². The second-order valence-corrected chi connectivity index (χ2v) is 10.6. The van der Waals surface area contributed by atoms with Gasteiger partial charge >= 0.3 is 6.03 Å². The molecular weight excluding hydrogens is 526 g/mol. The molecule has 1 heterocycles. The molecule has 2 aliphatic rings. The van der Waals surface area contributed by atoms with Gasteiger partial charge in [-0.25, -0.2) is 4.79 Å². The van der Waals surface area contributed by atoms with Gasteiger partial charge in [0.1, 0.15) is 0 Å². The number of carbonyl (C=O) groups is 3. The van der Waals surface area contributed by atoms with Gasteiger partial charge in [0.2, 0.25) is 0 Å². The van der Waals surface area contributed by atoms with Crippen LogP contribution in [-0.2, 0) is 6.42 Å². The van der Waals surface area contributed by atoms with Crippen LogP contribution in [0.3, 0.4) is 0 Å². The molecule has 0 bridgehead atoms. The molecule has 9 heteroatoms. The van der Waals surface area contributed by atoms with Crippen LogP contribution in [-0.4, -0.2) is 55.5 Å². The Hall–Kier alpha value is -4.04. The highest BCUT2D eigenvalue weighted by molar-refractivity contribution is 6.31. The number of hydrogen-bond donors (Lipinski definition) is 3. The number of anilines is 2. The van der Waals surface area contributed by atoms with Gasteiger partial charge in [0.15, 0.2) is 0 Å². The van der Waals surface area contributed by atoms with E-state index in [1.54, 1.807) is 36.4 Å². The van der Waals surface area contributed by atoms with Crippen molar-refractivity contribution in [3.63, 3.8) is 0 Å². The molecule has 1 fully saturated rings. The maximum Gasteiger partial charge on any atom is 0.317 e. The summed E-state index contributed by atoms with van der Waals surface area (Å²) in [5.41, 5.74) is 4.65. The summed E-state index contributed by atoms with van der Waals surface area (Å²) in [4.78, 5) is 43.0. The van der Waals surface area contributed by atoms with Crippen molar-refractivity contribution in [1.82, 2.24) is 15.5 Å². The SMILES string of the molecule is CCNC(=O)N1CCCN(c2ccc(C(=O)NC3CCc4ccccc43)cc2NC(=O)c2cccc(Cl)c2)CC1. The number of nitrogens with zero attached hydrogens (tertiary/aromatic N) is 2. The Morgan fingerprint density at radius 1 is 0.900 bits per heavy atom. The lowest BCUT2D eigenvalue weighted by atomic mass is 10.1. The zero-order valence-electron chi connectivity index (χ0n) is 22.6. The molecule has 1 unspecified atom stereocenters. The van der Waals surface area contributed by atoms with Gasteiger partial charge in [0.05, 0.1) is 17.4 Å². The van der Waals surface area contributed by atoms with E-state index in [9.17, 15) is 14.4 Å². The highest BCUT2D eigenvalue weighted by atomic mass is 35.5. The maximum atomic E-state index is 13.4. The molecule has 8 nitrogen and oxygen atoms in total. The van der Waals surface area contributed by atoms with Crippen LogP contribution >= 0.6 is 11.6 Å². The van der Waals surface area contributed by atoms with E-state index in [-0.39, 0.29) is 23.9 Å². The summed E-state index contributed by atoms with van der Waals surface area (Å²) < 4.78 is 0. The first-order valence-corrected chi connectivity index (χ1v) is 14.2. The fourth-order valence-electron chi connectivity index (χ4n) is 5.45. The van der Waals surface area contributed by atoms with E-state index < -0.39 is 0 Å². The van der Waals surface area contributed by atoms with E-state index in [1.165, 1.54) is 5.56 Å². The Balaban J connectivity index is 1.40. The monoisotopic (exact) mass is 559 g/mol. The predicted molar refractivity (Wildman–Crippen MR) is 158 cm³/mol. The number of halogens is 1. The van der Waals surface area contributed by atoms with Crippen molar-refractivity contribution in [2.45, 2.75) is 32.2 Å². The molecule has 0 aromatic heterocycles. The van der Waals surface area contributed by atoms with Crippen molar-refractivity contribution < 1.29 is 14.4 Å². The van der Waals surface area contributed by atoms with Crippen LogP contribution < -0.4 is 20.9 Å². The Bertz CT molecular complexity index is 1410. The number of nitrogens with one attached hydrogen (secondary N) is 3. The molecule has 5 rings (SSSR count). The highest BCUT2D eigenvalue weighted by Gasteiger charge is 2.26. The smallest absolute Gasteiger partial charge is 0.317 e. The molecule has 3 N–H and O–H groups in total. The van der Waals surface area contributed by atoms with Crippen LogP contribution in [0.15, 0.2) is 66.7 Å². The number of amides is 4. The first-order valence-electron chi connectivity index (χ1n) is 13.8. The van der Waals surface area contributed by atoms with Crippen molar-refractivity contribution in [2.75, 3.05) is 42.9 Å². The van der Waals surface area contributed by atoms with Gasteiger partial charge in [-0.2, -0.15) is 0 Å². The number of carbonyl (C=O) groups excluding carboxylic acids is 3. The van der Waals surface area contributed by atoms with Gasteiger partial charge in [-0.15, -0.1) is 0 Å². The highest BCUT2D eigenvalue weighted by Crippen LogP contribution is 2.32. The molecule has 208 valence electrons. The molecular formula is C31H34ClN5O3. The summed E-state index contributed by atoms with van der Waals surface area (Å²) in [5.74, 6) is -0.505. The minimum absolute atomic E-state index is 0.0428. The predicted octanol–water partition coefficient (Wildman–Crippen LogP) is 5.25. The van der Waals surface area contributed by atoms with E-state index in [0.29, 0.717) is 54.6 Å². The fraction of sp³-hybridized carbons (Fsp3) is 0.323. The molecule has 0 radical (unpaired) electrons. The topological polar surface area (TPSA) is 93.8 Å². The molecule has 1 aliphatic carbocycles. The number of hydrogen-bond acceptors (Lipinski definition) is 4. The van der Waals surface area contributed by atoms with Gasteiger partial charge in [-0.05, 0) is 73.7 Å². The fourth-order valence-corrected chi connectivity index (χ4v) is 5.64. The normalized spacial score (nSPS) is 16.6. The van der Waals surface area contributed by atoms with E-state index in [4.69, 9.17) is 11.6 Å². The molecule has 3 aromatic rings. The third kappa shape index (κ3) is 6.23. The van der Waals surface area contributed by atoms with E-state index >= 15 is 0 Å². The van der Waals surface area contributed by atoms with Gasteiger partial charge in [-0.3, -0.25) is 9.59 Å². The zero-order chi connectivity index (χ0) is 28.1. The summed E-state index contributed by atoms with van der Waals surface area (Å²) in [7, 11) is 0. The molecule has 1 aliphatic heterocycles. The first kappa shape index (κ1) is 27.5. The molecule has 0 spiro atoms. The molecule has 1 atom stereocenters. The number of aryl methyl sites for hydroxylation is 1. The Morgan fingerprint density at radius 3 is 2.55 bits per heavy atom. The lowest BCUT2D eigenvalue weighted by Gasteiger charge is -2.26. The minimum Gasteiger partial charge on any atom is -0.368 e. The number of benzene rings is 3. The van der Waals surface area contributed by atoms with Crippen LogP contribution in [0.25, 0.3) is 0 Å². The number of urea groups is 1. The minimum atomic E-state index is -0.315. The molecule has 0 saturated carbocycles. The average molecular weight is 560 g/mol. The largest absolute Gasteiger partial charge is 0.368 e. The van der Waals surface area contributed by atoms with Crippen molar-refractivity contribution in [1.29, 1.82) is 0 Å². The Morgan fingerprint density at radius 2 is 1.73 bits per heavy atom. The molecule has 1 saturated heterocycles. The molecule has 3 aromatic carbocycles. The van der Waals surface area contributed by atoms with Gasteiger partial charge in [0, 0.05) is 48.9 Å². The molecule has 4 amide bonds. The van der Waals surface area contributed by atoms with Crippen molar-refractivity contribution in [3.05, 3.63) is 94.0 Å². The van der Waals surface area contributed by atoms with E-state index in [1.807, 2.05) is 30.0 Å². The lowest BCUT2D eigenvalue weighted by molar-refractivity contribution is 0.0935. The van der Waals surface area contributed by atoms with Gasteiger partial charge < -0.3 is 25.8 Å². The third-order valence-electron chi connectivity index (χ3n) is 7.48. The van der Waals surface area contributed by atoms with Crippen molar-refractivity contribution in [2.24, 2.45) is 0 Å². The van der Waals surface area contributed by atoms with Crippen LogP contribution in [0.5, 0.6) is 0 Å². The van der Waals surface area contributed by atoms with Gasteiger partial charge in [0.25, 0.3) is 11.8 Å². The summed E-state index contributed by atoms with van der Waals surface area (Å²) in [5, 5.41) is 9.53. The first-order chi connectivity index (χ1) is 19.4. The number of rotatable bonds is 6. The summed E-state index contributed by atoms with van der Waals surface area (Å²) in [6.07, 6.45) is 2.57. The Kier molecular flexibility index (Phi) is 8.55. The van der Waals surface area contributed by atoms with Crippen molar-refractivity contribution in [3.8, 4) is 0 Å². The summed E-state index contributed by atoms with van der Waals surface area (Å²) >= 11 is 6.13. The molecule has 40 heavy (non-hydrogen) atoms. The number of fused-ring (bicyclic) bond motifs is 1. The zero-order valence-corrected chi connectivity index (χ0v) is 23.3. The van der Waals surface area contributed by atoms with Gasteiger partial charge in [-0.1, -0.05) is 41.9 Å². The third-order valence-corrected chi connectivity index (χ3v) is 7.72. The second kappa shape index (κ2) is 12.4. The van der Waals surface area contributed by atoms with Crippen LogP contribution in [0.2, 0.25) is 5.02 Å². The van der Waals surface area contributed by atoms with E-state index in [2.05, 4.69) is 33.0 Å². The maximum absolute atomic E-state index is 13.4. The lowest BCUT2D eigenvalue weighted by Crippen LogP contribution is -2.42. The summed E-state index contributed by atoms with van der Waals surface area (Å²) in [6, 6.07) is 20.2. The van der Waals surface area contributed by atoms with Crippen LogP contribution in [0.4, 0.5) is 16.2 Å². The van der Waals surface area contributed by atoms with Crippen LogP contribution in [0.1, 0.15) is 57.7 Å².